The first-order valence-corrected chi connectivity index (χ1v) is 7.32. The summed E-state index contributed by atoms with van der Waals surface area (Å²) in [6.45, 7) is 2.04. The van der Waals surface area contributed by atoms with E-state index in [1.54, 1.807) is 0 Å². The fraction of sp³-hybridized carbons (Fsp3) is 0.188. The molecule has 1 atom stereocenters. The normalized spacial score (nSPS) is 16.8. The van der Waals surface area contributed by atoms with Crippen LogP contribution >= 0.6 is 22.6 Å². The van der Waals surface area contributed by atoms with Gasteiger partial charge in [0, 0.05) is 21.1 Å². The van der Waals surface area contributed by atoms with E-state index < -0.39 is 0 Å². The molecule has 2 nitrogen and oxygen atoms in total. The maximum atomic E-state index is 12.5. The van der Waals surface area contributed by atoms with Crippen LogP contribution in [0.5, 0.6) is 5.75 Å². The zero-order valence-electron chi connectivity index (χ0n) is 10.5. The summed E-state index contributed by atoms with van der Waals surface area (Å²) in [5.74, 6) is 0.985. The average molecular weight is 364 g/mol. The minimum atomic E-state index is 0.0763. The first-order chi connectivity index (χ1) is 9.15. The van der Waals surface area contributed by atoms with Crippen LogP contribution in [0.25, 0.3) is 0 Å². The summed E-state index contributed by atoms with van der Waals surface area (Å²) >= 11 is 2.20. The lowest BCUT2D eigenvalue weighted by atomic mass is 10.00. The van der Waals surface area contributed by atoms with Gasteiger partial charge in [-0.2, -0.15) is 0 Å². The minimum Gasteiger partial charge on any atom is -0.490 e. The van der Waals surface area contributed by atoms with E-state index in [0.717, 1.165) is 32.4 Å². The first kappa shape index (κ1) is 12.7. The second-order valence-corrected chi connectivity index (χ2v) is 5.93. The van der Waals surface area contributed by atoms with Gasteiger partial charge in [0.15, 0.2) is 5.78 Å². The van der Waals surface area contributed by atoms with E-state index in [2.05, 4.69) is 22.6 Å². The highest BCUT2D eigenvalue weighted by molar-refractivity contribution is 14.1. The molecule has 0 aromatic heterocycles. The largest absolute Gasteiger partial charge is 0.490 e. The van der Waals surface area contributed by atoms with Gasteiger partial charge < -0.3 is 4.74 Å². The molecule has 1 heterocycles. The van der Waals surface area contributed by atoms with Crippen LogP contribution in [0.3, 0.4) is 0 Å². The molecule has 3 rings (SSSR count). The number of halogens is 1. The molecule has 19 heavy (non-hydrogen) atoms. The number of fused-ring (bicyclic) bond motifs is 1. The topological polar surface area (TPSA) is 26.3 Å². The van der Waals surface area contributed by atoms with E-state index >= 15 is 0 Å². The van der Waals surface area contributed by atoms with Gasteiger partial charge >= 0.3 is 0 Å². The van der Waals surface area contributed by atoms with Crippen molar-refractivity contribution >= 4 is 28.4 Å². The van der Waals surface area contributed by atoms with E-state index in [1.165, 1.54) is 0 Å². The Balaban J connectivity index is 1.98. The van der Waals surface area contributed by atoms with Gasteiger partial charge in [-0.3, -0.25) is 4.79 Å². The molecule has 2 aromatic rings. The second-order valence-electron chi connectivity index (χ2n) is 4.76. The number of ketones is 1. The Morgan fingerprint density at radius 2 is 2.05 bits per heavy atom. The Morgan fingerprint density at radius 1 is 1.26 bits per heavy atom. The van der Waals surface area contributed by atoms with E-state index in [1.807, 2.05) is 49.4 Å². The third-order valence-electron chi connectivity index (χ3n) is 3.28. The third kappa shape index (κ3) is 2.39. The predicted molar refractivity (Wildman–Crippen MR) is 82.8 cm³/mol. The second kappa shape index (κ2) is 4.96. The van der Waals surface area contributed by atoms with E-state index in [-0.39, 0.29) is 11.9 Å². The number of hydrogen-bond donors (Lipinski definition) is 0. The van der Waals surface area contributed by atoms with Gasteiger partial charge in [0.25, 0.3) is 0 Å². The molecule has 1 unspecified atom stereocenters. The Kier molecular flexibility index (Phi) is 3.31. The van der Waals surface area contributed by atoms with Gasteiger partial charge in [0.05, 0.1) is 0 Å². The lowest BCUT2D eigenvalue weighted by Crippen LogP contribution is -2.05. The highest BCUT2D eigenvalue weighted by Crippen LogP contribution is 2.30. The van der Waals surface area contributed by atoms with E-state index in [0.29, 0.717) is 0 Å². The number of benzene rings is 2. The van der Waals surface area contributed by atoms with Crippen molar-refractivity contribution < 1.29 is 9.53 Å². The van der Waals surface area contributed by atoms with Crippen molar-refractivity contribution in [2.24, 2.45) is 0 Å². The van der Waals surface area contributed by atoms with E-state index in [9.17, 15) is 4.79 Å². The molecule has 1 aliphatic rings. The summed E-state index contributed by atoms with van der Waals surface area (Å²) < 4.78 is 6.64. The van der Waals surface area contributed by atoms with Crippen molar-refractivity contribution in [2.45, 2.75) is 19.4 Å². The number of rotatable bonds is 2. The molecule has 2 aromatic carbocycles. The van der Waals surface area contributed by atoms with Crippen molar-refractivity contribution in [2.75, 3.05) is 0 Å². The first-order valence-electron chi connectivity index (χ1n) is 6.24. The Morgan fingerprint density at radius 3 is 2.84 bits per heavy atom. The highest BCUT2D eigenvalue weighted by atomic mass is 127. The SMILES string of the molecule is CC1Cc2cc(C(=O)c3ccccc3I)ccc2O1. The molecule has 0 saturated carbocycles. The lowest BCUT2D eigenvalue weighted by molar-refractivity contribution is 0.103. The average Bonchev–Trinajstić information content (AvgIpc) is 2.77. The number of ether oxygens (including phenoxy) is 1. The van der Waals surface area contributed by atoms with Gasteiger partial charge in [0.2, 0.25) is 0 Å². The number of hydrogen-bond acceptors (Lipinski definition) is 2. The molecule has 3 heteroatoms. The van der Waals surface area contributed by atoms with Crippen LogP contribution in [0.2, 0.25) is 0 Å². The van der Waals surface area contributed by atoms with Gasteiger partial charge in [-0.25, -0.2) is 0 Å². The van der Waals surface area contributed by atoms with Crippen molar-refractivity contribution in [3.8, 4) is 5.75 Å². The van der Waals surface area contributed by atoms with Crippen LogP contribution in [-0.2, 0) is 6.42 Å². The fourth-order valence-corrected chi connectivity index (χ4v) is 3.00. The molecule has 0 fully saturated rings. The van der Waals surface area contributed by atoms with Gasteiger partial charge in [0.1, 0.15) is 11.9 Å². The lowest BCUT2D eigenvalue weighted by Gasteiger charge is -2.05. The van der Waals surface area contributed by atoms with Crippen LogP contribution in [0, 0.1) is 3.57 Å². The third-order valence-corrected chi connectivity index (χ3v) is 4.22. The molecule has 0 bridgehead atoms. The summed E-state index contributed by atoms with van der Waals surface area (Å²) in [7, 11) is 0. The van der Waals surface area contributed by atoms with Gasteiger partial charge in [-0.15, -0.1) is 0 Å². The Hall–Kier alpha value is -1.36. The molecule has 1 aliphatic heterocycles. The zero-order chi connectivity index (χ0) is 13.4. The molecule has 0 spiro atoms. The maximum absolute atomic E-state index is 12.5. The number of carbonyl (C=O) groups is 1. The highest BCUT2D eigenvalue weighted by Gasteiger charge is 2.21. The van der Waals surface area contributed by atoms with Gasteiger partial charge in [-0.1, -0.05) is 12.1 Å². The molecule has 0 N–H and O–H groups in total. The minimum absolute atomic E-state index is 0.0763. The monoisotopic (exact) mass is 364 g/mol. The molecular formula is C16H13IO2. The molecule has 96 valence electrons. The van der Waals surface area contributed by atoms with Crippen LogP contribution in [0.4, 0.5) is 0 Å². The van der Waals surface area contributed by atoms with E-state index in [4.69, 9.17) is 4.74 Å². The smallest absolute Gasteiger partial charge is 0.194 e. The quantitative estimate of drug-likeness (QED) is 0.598. The Bertz CT molecular complexity index is 649. The summed E-state index contributed by atoms with van der Waals surface area (Å²) in [6.07, 6.45) is 1.08. The van der Waals surface area contributed by atoms with Crippen molar-refractivity contribution in [3.05, 3.63) is 62.7 Å². The van der Waals surface area contributed by atoms with Crippen molar-refractivity contribution in [3.63, 3.8) is 0 Å². The maximum Gasteiger partial charge on any atom is 0.194 e. The van der Waals surface area contributed by atoms with Crippen LogP contribution in [-0.4, -0.2) is 11.9 Å². The molecule has 0 radical (unpaired) electrons. The van der Waals surface area contributed by atoms with Crippen LogP contribution in [0.1, 0.15) is 28.4 Å². The zero-order valence-corrected chi connectivity index (χ0v) is 12.7. The van der Waals surface area contributed by atoms with Crippen molar-refractivity contribution in [1.82, 2.24) is 0 Å². The summed E-state index contributed by atoms with van der Waals surface area (Å²) in [5, 5.41) is 0. The molecule has 0 aliphatic carbocycles. The van der Waals surface area contributed by atoms with Crippen LogP contribution < -0.4 is 4.74 Å². The summed E-state index contributed by atoms with van der Waals surface area (Å²) in [4.78, 5) is 12.5. The Labute approximate surface area is 125 Å². The van der Waals surface area contributed by atoms with Crippen molar-refractivity contribution in [1.29, 1.82) is 0 Å². The van der Waals surface area contributed by atoms with Crippen LogP contribution in [0.15, 0.2) is 42.5 Å². The number of carbonyl (C=O) groups excluding carboxylic acids is 1. The fourth-order valence-electron chi connectivity index (χ4n) is 2.36. The standard InChI is InChI=1S/C16H13IO2/c1-10-8-12-9-11(6-7-15(12)19-10)16(18)13-4-2-3-5-14(13)17/h2-7,9-10H,8H2,1H3. The predicted octanol–water partition coefficient (Wildman–Crippen LogP) is 3.85. The molecule has 0 amide bonds. The van der Waals surface area contributed by atoms with Gasteiger partial charge in [-0.05, 0) is 65.4 Å². The molecular weight excluding hydrogens is 351 g/mol. The summed E-state index contributed by atoms with van der Waals surface area (Å²) in [5.41, 5.74) is 2.62. The molecule has 0 saturated heterocycles. The summed E-state index contributed by atoms with van der Waals surface area (Å²) in [6, 6.07) is 13.4.